The lowest BCUT2D eigenvalue weighted by Gasteiger charge is -2.76. The quantitative estimate of drug-likeness (QED) is 0.377. The van der Waals surface area contributed by atoms with E-state index in [0.717, 1.165) is 37.8 Å². The second kappa shape index (κ2) is 6.48. The fraction of sp³-hybridized carbons (Fsp3) is 0.828. The molecular formula is C29H39NO5. The first-order chi connectivity index (χ1) is 16.4. The molecule has 0 radical (unpaired) electrons. The summed E-state index contributed by atoms with van der Waals surface area (Å²) in [4.78, 5) is 43.1. The highest BCUT2D eigenvalue weighted by molar-refractivity contribution is 5.94. The van der Waals surface area contributed by atoms with Crippen LogP contribution in [0, 0.1) is 39.9 Å². The number of carbonyl (C=O) groups excluding carboxylic acids is 3. The molecule has 7 rings (SSSR count). The van der Waals surface area contributed by atoms with Gasteiger partial charge in [0.1, 0.15) is 17.3 Å². The van der Waals surface area contributed by atoms with Crippen LogP contribution in [0.5, 0.6) is 0 Å². The van der Waals surface area contributed by atoms with E-state index in [-0.39, 0.29) is 53.2 Å². The Labute approximate surface area is 208 Å². The topological polar surface area (TPSA) is 72.9 Å². The van der Waals surface area contributed by atoms with E-state index in [1.807, 2.05) is 6.92 Å². The normalized spacial score (nSPS) is 56.9. The van der Waals surface area contributed by atoms with Gasteiger partial charge in [0.05, 0.1) is 12.5 Å². The van der Waals surface area contributed by atoms with E-state index in [2.05, 4.69) is 38.7 Å². The third-order valence-corrected chi connectivity index (χ3v) is 12.2. The third-order valence-electron chi connectivity index (χ3n) is 12.2. The number of hydrogen-bond donors (Lipinski definition) is 0. The molecule has 4 heterocycles. The summed E-state index contributed by atoms with van der Waals surface area (Å²) in [6.07, 6.45) is 7.89. The number of hydrogen-bond acceptors (Lipinski definition) is 6. The van der Waals surface area contributed by atoms with Crippen molar-refractivity contribution in [1.82, 2.24) is 4.90 Å². The Balaban J connectivity index is 1.46. The van der Waals surface area contributed by atoms with Crippen LogP contribution in [0.3, 0.4) is 0 Å². The van der Waals surface area contributed by atoms with Crippen LogP contribution >= 0.6 is 0 Å². The first-order valence-corrected chi connectivity index (χ1v) is 13.8. The molecule has 10 atom stereocenters. The van der Waals surface area contributed by atoms with Gasteiger partial charge in [-0.25, -0.2) is 4.90 Å². The summed E-state index contributed by atoms with van der Waals surface area (Å²) in [6, 6.07) is 0. The predicted octanol–water partition coefficient (Wildman–Crippen LogP) is 4.41. The van der Waals surface area contributed by atoms with Crippen LogP contribution in [0.25, 0.3) is 0 Å². The number of allylic oxidation sites excluding steroid dienone is 2. The maximum absolute atomic E-state index is 14.0. The zero-order chi connectivity index (χ0) is 24.8. The van der Waals surface area contributed by atoms with Gasteiger partial charge in [-0.2, -0.15) is 0 Å². The lowest BCUT2D eigenvalue weighted by molar-refractivity contribution is -0.377. The highest BCUT2D eigenvalue weighted by Gasteiger charge is 2.82. The molecule has 6 fully saturated rings. The van der Waals surface area contributed by atoms with Crippen molar-refractivity contribution in [2.24, 2.45) is 39.9 Å². The summed E-state index contributed by atoms with van der Waals surface area (Å²) in [6.45, 7) is 11.9. The fourth-order valence-corrected chi connectivity index (χ4v) is 10.9. The summed E-state index contributed by atoms with van der Waals surface area (Å²) in [5.41, 5.74) is -1.43. The number of rotatable bonds is 0. The average molecular weight is 482 g/mol. The SMILES string of the molecule is CC1=CC2C(CC(=O)C3C2(C)CC24OC(=O)CC3(C)C2(C)CCC23CC(C)CC(CN24)O3)C(=O)C1. The van der Waals surface area contributed by atoms with Gasteiger partial charge in [0.15, 0.2) is 5.72 Å². The van der Waals surface area contributed by atoms with Crippen LogP contribution in [0.1, 0.15) is 86.0 Å². The summed E-state index contributed by atoms with van der Waals surface area (Å²) >= 11 is 0. The van der Waals surface area contributed by atoms with Gasteiger partial charge >= 0.3 is 5.97 Å². The standard InChI is InChI=1S/C29H39NO5/c1-16-9-20-19(21(31)10-16)11-22(32)24-25(20,3)15-29-27(5,26(24,4)13-23(33)35-29)6-7-28-12-17(2)8-18(34-28)14-30(28)29/h9,17-20,24H,6-8,10-15H2,1-5H3. The van der Waals surface area contributed by atoms with E-state index in [1.54, 1.807) is 0 Å². The van der Waals surface area contributed by atoms with Gasteiger partial charge < -0.3 is 9.47 Å². The number of piperidine rings is 1. The third kappa shape index (κ3) is 2.43. The maximum Gasteiger partial charge on any atom is 0.308 e. The van der Waals surface area contributed by atoms with Crippen molar-refractivity contribution in [3.63, 3.8) is 0 Å². The number of carbonyl (C=O) groups is 3. The zero-order valence-corrected chi connectivity index (χ0v) is 21.8. The fourth-order valence-electron chi connectivity index (χ4n) is 10.9. The predicted molar refractivity (Wildman–Crippen MR) is 128 cm³/mol. The first kappa shape index (κ1) is 22.7. The smallest absolute Gasteiger partial charge is 0.308 e. The minimum absolute atomic E-state index is 0.00342. The summed E-state index contributed by atoms with van der Waals surface area (Å²) in [5.74, 6) is 0.277. The van der Waals surface area contributed by atoms with E-state index < -0.39 is 22.3 Å². The maximum atomic E-state index is 14.0. The van der Waals surface area contributed by atoms with E-state index >= 15 is 0 Å². The monoisotopic (exact) mass is 481 g/mol. The van der Waals surface area contributed by atoms with E-state index in [9.17, 15) is 14.4 Å². The average Bonchev–Trinajstić information content (AvgIpc) is 3.01. The Hall–Kier alpha value is -1.53. The Morgan fingerprint density at radius 1 is 1.09 bits per heavy atom. The van der Waals surface area contributed by atoms with Gasteiger partial charge in [0.2, 0.25) is 0 Å². The minimum Gasteiger partial charge on any atom is -0.443 e. The molecule has 10 unspecified atom stereocenters. The highest BCUT2D eigenvalue weighted by Crippen LogP contribution is 2.77. The molecule has 0 aromatic rings. The largest absolute Gasteiger partial charge is 0.443 e. The van der Waals surface area contributed by atoms with Crippen LogP contribution in [0.4, 0.5) is 0 Å². The molecule has 190 valence electrons. The first-order valence-electron chi connectivity index (χ1n) is 13.8. The van der Waals surface area contributed by atoms with Crippen molar-refractivity contribution in [3.8, 4) is 0 Å². The van der Waals surface area contributed by atoms with Gasteiger partial charge in [-0.1, -0.05) is 39.3 Å². The van der Waals surface area contributed by atoms with Crippen molar-refractivity contribution in [2.75, 3.05) is 6.54 Å². The summed E-state index contributed by atoms with van der Waals surface area (Å²) in [7, 11) is 0. The van der Waals surface area contributed by atoms with Crippen molar-refractivity contribution in [2.45, 2.75) is 104 Å². The lowest BCUT2D eigenvalue weighted by atomic mass is 9.34. The number of esters is 1. The molecule has 0 aromatic heterocycles. The molecule has 0 N–H and O–H groups in total. The summed E-state index contributed by atoms with van der Waals surface area (Å²) < 4.78 is 13.4. The van der Waals surface area contributed by atoms with E-state index in [1.165, 1.54) is 0 Å². The van der Waals surface area contributed by atoms with Crippen molar-refractivity contribution in [3.05, 3.63) is 11.6 Å². The number of ketones is 2. The molecular weight excluding hydrogens is 442 g/mol. The molecule has 0 amide bonds. The van der Waals surface area contributed by atoms with Crippen LogP contribution < -0.4 is 0 Å². The van der Waals surface area contributed by atoms with Crippen molar-refractivity contribution >= 4 is 17.5 Å². The number of fused-ring (bicyclic) bond motifs is 5. The minimum atomic E-state index is -0.816. The Bertz CT molecular complexity index is 1100. The molecule has 4 aliphatic heterocycles. The molecule has 2 saturated carbocycles. The van der Waals surface area contributed by atoms with E-state index in [4.69, 9.17) is 9.47 Å². The molecule has 6 nitrogen and oxygen atoms in total. The second-order valence-corrected chi connectivity index (χ2v) is 14.1. The van der Waals surface area contributed by atoms with Crippen LogP contribution in [0.15, 0.2) is 11.6 Å². The molecule has 3 aliphatic carbocycles. The van der Waals surface area contributed by atoms with Crippen molar-refractivity contribution < 1.29 is 23.9 Å². The molecule has 4 saturated heterocycles. The Morgan fingerprint density at radius 3 is 2.63 bits per heavy atom. The number of ether oxygens (including phenoxy) is 2. The Morgan fingerprint density at radius 2 is 1.86 bits per heavy atom. The van der Waals surface area contributed by atoms with Crippen LogP contribution in [0.2, 0.25) is 0 Å². The van der Waals surface area contributed by atoms with Crippen molar-refractivity contribution in [1.29, 1.82) is 0 Å². The van der Waals surface area contributed by atoms with Crippen LogP contribution in [-0.2, 0) is 23.9 Å². The molecule has 35 heavy (non-hydrogen) atoms. The van der Waals surface area contributed by atoms with Crippen LogP contribution in [-0.4, -0.2) is 46.5 Å². The van der Waals surface area contributed by atoms with Gasteiger partial charge in [-0.05, 0) is 55.3 Å². The Kier molecular flexibility index (Phi) is 4.19. The molecule has 7 aliphatic rings. The molecule has 1 spiro atoms. The second-order valence-electron chi connectivity index (χ2n) is 14.1. The van der Waals surface area contributed by atoms with Gasteiger partial charge in [-0.3, -0.25) is 14.4 Å². The van der Waals surface area contributed by atoms with Gasteiger partial charge in [-0.15, -0.1) is 0 Å². The number of Topliss-reactive ketones (excluding diaryl/α,β-unsaturated/α-hetero) is 2. The lowest BCUT2D eigenvalue weighted by Crippen LogP contribution is -2.82. The molecule has 6 heteroatoms. The molecule has 4 bridgehead atoms. The van der Waals surface area contributed by atoms with Gasteiger partial charge in [0, 0.05) is 43.1 Å². The van der Waals surface area contributed by atoms with Gasteiger partial charge in [0.25, 0.3) is 0 Å². The molecule has 0 aromatic carbocycles. The van der Waals surface area contributed by atoms with E-state index in [0.29, 0.717) is 25.2 Å². The highest BCUT2D eigenvalue weighted by atomic mass is 16.6. The summed E-state index contributed by atoms with van der Waals surface area (Å²) in [5, 5.41) is 0. The number of nitrogens with zero attached hydrogens (tertiary/aromatic N) is 1. The zero-order valence-electron chi connectivity index (χ0n) is 21.8.